The minimum atomic E-state index is 0.192. The molecule has 1 aromatic carbocycles. The Kier molecular flexibility index (Phi) is 2.00. The van der Waals surface area contributed by atoms with E-state index in [1.807, 2.05) is 18.2 Å². The van der Waals surface area contributed by atoms with Gasteiger partial charge in [0.05, 0.1) is 0 Å². The minimum Gasteiger partial charge on any atom is -0.492 e. The van der Waals surface area contributed by atoms with Crippen molar-refractivity contribution in [3.05, 3.63) is 29.8 Å². The first-order valence-corrected chi connectivity index (χ1v) is 4.32. The Morgan fingerprint density at radius 3 is 3.08 bits per heavy atom. The third-order valence-electron chi connectivity index (χ3n) is 2.21. The summed E-state index contributed by atoms with van der Waals surface area (Å²) in [6, 6.07) is 8.34. The van der Waals surface area contributed by atoms with Crippen molar-refractivity contribution in [3.8, 4) is 5.75 Å². The fourth-order valence-electron chi connectivity index (χ4n) is 1.47. The quantitative estimate of drug-likeness (QED) is 0.626. The molecular formula is C10H13NO. The average Bonchev–Trinajstić information content (AvgIpc) is 2.29. The molecule has 0 amide bonds. The number of nitrogens with two attached hydrogens (primary N) is 1. The second kappa shape index (κ2) is 3.15. The van der Waals surface area contributed by atoms with Gasteiger partial charge in [-0.2, -0.15) is 0 Å². The van der Waals surface area contributed by atoms with Gasteiger partial charge in [0.15, 0.2) is 0 Å². The molecule has 1 aliphatic rings. The standard InChI is InChI=1S/C10H13NO/c11-9-6-5-8-3-1-2-4-10(8)12-7-9/h1-4,9H,5-7,11H2/t9-/m1/s1. The van der Waals surface area contributed by atoms with Gasteiger partial charge in [-0.15, -0.1) is 0 Å². The zero-order valence-electron chi connectivity index (χ0n) is 6.99. The summed E-state index contributed by atoms with van der Waals surface area (Å²) in [5.41, 5.74) is 7.07. The Labute approximate surface area is 72.3 Å². The molecule has 64 valence electrons. The van der Waals surface area contributed by atoms with Crippen LogP contribution in [-0.2, 0) is 6.42 Å². The van der Waals surface area contributed by atoms with Crippen molar-refractivity contribution in [2.45, 2.75) is 18.9 Å². The molecule has 0 saturated carbocycles. The summed E-state index contributed by atoms with van der Waals surface area (Å²) in [5, 5.41) is 0. The molecule has 1 atom stereocenters. The van der Waals surface area contributed by atoms with Crippen molar-refractivity contribution >= 4 is 0 Å². The fourth-order valence-corrected chi connectivity index (χ4v) is 1.47. The normalized spacial score (nSPS) is 22.2. The van der Waals surface area contributed by atoms with E-state index in [-0.39, 0.29) is 6.04 Å². The Morgan fingerprint density at radius 2 is 2.17 bits per heavy atom. The summed E-state index contributed by atoms with van der Waals surface area (Å²) in [4.78, 5) is 0. The highest BCUT2D eigenvalue weighted by molar-refractivity contribution is 5.34. The van der Waals surface area contributed by atoms with Crippen LogP contribution >= 0.6 is 0 Å². The maximum atomic E-state index is 5.79. The van der Waals surface area contributed by atoms with Crippen LogP contribution in [-0.4, -0.2) is 12.6 Å². The van der Waals surface area contributed by atoms with Crippen molar-refractivity contribution < 1.29 is 4.74 Å². The van der Waals surface area contributed by atoms with Crippen LogP contribution in [0, 0.1) is 0 Å². The molecule has 2 rings (SSSR count). The molecule has 2 heteroatoms. The molecule has 0 spiro atoms. The van der Waals surface area contributed by atoms with Crippen molar-refractivity contribution in [1.82, 2.24) is 0 Å². The van der Waals surface area contributed by atoms with Gasteiger partial charge in [0.25, 0.3) is 0 Å². The minimum absolute atomic E-state index is 0.192. The van der Waals surface area contributed by atoms with Gasteiger partial charge in [-0.3, -0.25) is 0 Å². The van der Waals surface area contributed by atoms with Crippen molar-refractivity contribution in [3.63, 3.8) is 0 Å². The summed E-state index contributed by atoms with van der Waals surface area (Å²) in [6.07, 6.45) is 2.06. The maximum absolute atomic E-state index is 5.79. The van der Waals surface area contributed by atoms with Gasteiger partial charge in [-0.25, -0.2) is 0 Å². The van der Waals surface area contributed by atoms with E-state index in [0.29, 0.717) is 6.61 Å². The van der Waals surface area contributed by atoms with Crippen LogP contribution in [0.15, 0.2) is 24.3 Å². The molecule has 0 fully saturated rings. The van der Waals surface area contributed by atoms with Gasteiger partial charge in [0.1, 0.15) is 12.4 Å². The Hall–Kier alpha value is -1.02. The van der Waals surface area contributed by atoms with Gasteiger partial charge in [-0.1, -0.05) is 18.2 Å². The molecule has 1 heterocycles. The van der Waals surface area contributed by atoms with Gasteiger partial charge < -0.3 is 10.5 Å². The average molecular weight is 163 g/mol. The zero-order chi connectivity index (χ0) is 8.39. The lowest BCUT2D eigenvalue weighted by Gasteiger charge is -2.07. The van der Waals surface area contributed by atoms with E-state index in [1.165, 1.54) is 5.56 Å². The number of hydrogen-bond donors (Lipinski definition) is 1. The summed E-state index contributed by atoms with van der Waals surface area (Å²) >= 11 is 0. The first-order valence-electron chi connectivity index (χ1n) is 4.32. The van der Waals surface area contributed by atoms with E-state index in [0.717, 1.165) is 18.6 Å². The number of fused-ring (bicyclic) bond motifs is 1. The predicted octanol–water partition coefficient (Wildman–Crippen LogP) is 1.34. The molecule has 0 unspecified atom stereocenters. The molecule has 0 bridgehead atoms. The first kappa shape index (κ1) is 7.62. The molecule has 12 heavy (non-hydrogen) atoms. The Bertz CT molecular complexity index is 245. The van der Waals surface area contributed by atoms with Crippen LogP contribution in [0.1, 0.15) is 12.0 Å². The molecule has 1 aromatic rings. The third kappa shape index (κ3) is 1.43. The lowest BCUT2D eigenvalue weighted by molar-refractivity contribution is 0.293. The SMILES string of the molecule is N[C@@H]1CCc2ccccc2OC1. The molecule has 2 N–H and O–H groups in total. The van der Waals surface area contributed by atoms with E-state index in [9.17, 15) is 0 Å². The van der Waals surface area contributed by atoms with Gasteiger partial charge >= 0.3 is 0 Å². The summed E-state index contributed by atoms with van der Waals surface area (Å²) < 4.78 is 5.54. The number of rotatable bonds is 0. The summed E-state index contributed by atoms with van der Waals surface area (Å²) in [6.45, 7) is 0.650. The van der Waals surface area contributed by atoms with Crippen LogP contribution in [0.5, 0.6) is 5.75 Å². The molecular weight excluding hydrogens is 150 g/mol. The monoisotopic (exact) mass is 163 g/mol. The molecule has 1 aliphatic heterocycles. The molecule has 0 saturated heterocycles. The molecule has 0 aliphatic carbocycles. The smallest absolute Gasteiger partial charge is 0.122 e. The highest BCUT2D eigenvalue weighted by Crippen LogP contribution is 2.22. The van der Waals surface area contributed by atoms with Crippen molar-refractivity contribution in [2.24, 2.45) is 5.73 Å². The predicted molar refractivity (Wildman–Crippen MR) is 48.2 cm³/mol. The van der Waals surface area contributed by atoms with Crippen LogP contribution in [0.3, 0.4) is 0 Å². The topological polar surface area (TPSA) is 35.2 Å². The summed E-state index contributed by atoms with van der Waals surface area (Å²) in [7, 11) is 0. The molecule has 0 aromatic heterocycles. The lowest BCUT2D eigenvalue weighted by atomic mass is 10.1. The summed E-state index contributed by atoms with van der Waals surface area (Å²) in [5.74, 6) is 1.01. The van der Waals surface area contributed by atoms with Crippen molar-refractivity contribution in [1.29, 1.82) is 0 Å². The highest BCUT2D eigenvalue weighted by atomic mass is 16.5. The van der Waals surface area contributed by atoms with Gasteiger partial charge in [-0.05, 0) is 24.5 Å². The van der Waals surface area contributed by atoms with Crippen LogP contribution in [0.4, 0.5) is 0 Å². The molecule has 2 nitrogen and oxygen atoms in total. The first-order chi connectivity index (χ1) is 5.86. The van der Waals surface area contributed by atoms with E-state index < -0.39 is 0 Å². The van der Waals surface area contributed by atoms with E-state index in [4.69, 9.17) is 10.5 Å². The number of ether oxygens (including phenoxy) is 1. The van der Waals surface area contributed by atoms with E-state index in [2.05, 4.69) is 6.07 Å². The number of hydrogen-bond acceptors (Lipinski definition) is 2. The Morgan fingerprint density at radius 1 is 1.33 bits per heavy atom. The highest BCUT2D eigenvalue weighted by Gasteiger charge is 2.12. The second-order valence-corrected chi connectivity index (χ2v) is 3.22. The van der Waals surface area contributed by atoms with E-state index >= 15 is 0 Å². The number of aryl methyl sites for hydroxylation is 1. The van der Waals surface area contributed by atoms with Crippen LogP contribution in [0.2, 0.25) is 0 Å². The van der Waals surface area contributed by atoms with Crippen LogP contribution in [0.25, 0.3) is 0 Å². The zero-order valence-corrected chi connectivity index (χ0v) is 6.99. The van der Waals surface area contributed by atoms with Gasteiger partial charge in [0.2, 0.25) is 0 Å². The Balaban J connectivity index is 2.26. The van der Waals surface area contributed by atoms with Crippen molar-refractivity contribution in [2.75, 3.05) is 6.61 Å². The lowest BCUT2D eigenvalue weighted by Crippen LogP contribution is -2.26. The maximum Gasteiger partial charge on any atom is 0.122 e. The number of para-hydroxylation sites is 1. The third-order valence-corrected chi connectivity index (χ3v) is 2.21. The second-order valence-electron chi connectivity index (χ2n) is 3.22. The van der Waals surface area contributed by atoms with E-state index in [1.54, 1.807) is 0 Å². The van der Waals surface area contributed by atoms with Crippen LogP contribution < -0.4 is 10.5 Å². The van der Waals surface area contributed by atoms with Gasteiger partial charge in [0, 0.05) is 6.04 Å². The largest absolute Gasteiger partial charge is 0.492 e. The fraction of sp³-hybridized carbons (Fsp3) is 0.400. The number of benzene rings is 1. The molecule has 0 radical (unpaired) electrons.